The van der Waals surface area contributed by atoms with Crippen LogP contribution in [0.4, 0.5) is 0 Å². The molecule has 0 aliphatic rings. The minimum absolute atomic E-state index is 0.000251. The van der Waals surface area contributed by atoms with Crippen LogP contribution in [0.2, 0.25) is 0 Å². The zero-order valence-electron chi connectivity index (χ0n) is 31.5. The van der Waals surface area contributed by atoms with Gasteiger partial charge < -0.3 is 28.8 Å². The van der Waals surface area contributed by atoms with Gasteiger partial charge in [0.1, 0.15) is 13.2 Å². The molecule has 3 unspecified atom stereocenters. The number of phosphoric ester groups is 1. The molecule has 9 heteroatoms. The molecule has 0 bridgehead atoms. The summed E-state index contributed by atoms with van der Waals surface area (Å²) in [6.07, 6.45) is 33.2. The van der Waals surface area contributed by atoms with Gasteiger partial charge in [-0.25, -0.2) is 0 Å². The lowest BCUT2D eigenvalue weighted by atomic mass is 10.0. The van der Waals surface area contributed by atoms with Crippen LogP contribution in [0.1, 0.15) is 174 Å². The number of hydrogen-bond acceptors (Lipinski definition) is 6. The van der Waals surface area contributed by atoms with Crippen molar-refractivity contribution in [3.63, 3.8) is 0 Å². The average Bonchev–Trinajstić information content (AvgIpc) is 3.01. The summed E-state index contributed by atoms with van der Waals surface area (Å²) in [5.41, 5.74) is 0. The number of carbonyl (C=O) groups excluding carboxylic acids is 1. The maximum atomic E-state index is 12.7. The molecule has 0 aliphatic heterocycles. The largest absolute Gasteiger partial charge is 0.756 e. The lowest BCUT2D eigenvalue weighted by Crippen LogP contribution is -2.45. The van der Waals surface area contributed by atoms with E-state index >= 15 is 0 Å². The number of allylic oxidation sites excluding steroid dienone is 1. The highest BCUT2D eigenvalue weighted by atomic mass is 31.2. The van der Waals surface area contributed by atoms with Gasteiger partial charge in [-0.2, -0.15) is 0 Å². The Morgan fingerprint density at radius 1 is 0.723 bits per heavy atom. The molecule has 2 N–H and O–H groups in total. The van der Waals surface area contributed by atoms with E-state index in [1.54, 1.807) is 6.08 Å². The summed E-state index contributed by atoms with van der Waals surface area (Å²) >= 11 is 0. The van der Waals surface area contributed by atoms with Crippen LogP contribution in [-0.2, 0) is 18.4 Å². The molecular formula is C38H77N2O6P. The third kappa shape index (κ3) is 33.5. The van der Waals surface area contributed by atoms with Gasteiger partial charge in [0.15, 0.2) is 0 Å². The van der Waals surface area contributed by atoms with Crippen LogP contribution in [0.3, 0.4) is 0 Å². The molecule has 1 amide bonds. The summed E-state index contributed by atoms with van der Waals surface area (Å²) in [7, 11) is 1.26. The molecule has 0 rings (SSSR count). The molecule has 280 valence electrons. The number of phosphoric acid groups is 1. The first-order chi connectivity index (χ1) is 22.5. The van der Waals surface area contributed by atoms with E-state index in [2.05, 4.69) is 19.2 Å². The highest BCUT2D eigenvalue weighted by Gasteiger charge is 2.23. The van der Waals surface area contributed by atoms with Crippen molar-refractivity contribution in [2.45, 2.75) is 187 Å². The lowest BCUT2D eigenvalue weighted by molar-refractivity contribution is -0.870. The van der Waals surface area contributed by atoms with Crippen molar-refractivity contribution in [3.8, 4) is 0 Å². The first kappa shape index (κ1) is 46.2. The number of rotatable bonds is 35. The van der Waals surface area contributed by atoms with Gasteiger partial charge in [-0.3, -0.25) is 9.36 Å². The van der Waals surface area contributed by atoms with Gasteiger partial charge in [0.05, 0.1) is 39.9 Å². The zero-order valence-corrected chi connectivity index (χ0v) is 32.4. The Morgan fingerprint density at radius 2 is 1.15 bits per heavy atom. The monoisotopic (exact) mass is 689 g/mol. The fourth-order valence-electron chi connectivity index (χ4n) is 5.55. The molecule has 0 radical (unpaired) electrons. The van der Waals surface area contributed by atoms with Gasteiger partial charge in [-0.05, 0) is 12.8 Å². The van der Waals surface area contributed by atoms with E-state index in [-0.39, 0.29) is 19.1 Å². The molecule has 0 heterocycles. The van der Waals surface area contributed by atoms with E-state index in [1.165, 1.54) is 116 Å². The molecule has 0 spiro atoms. The number of nitrogens with one attached hydrogen (secondary N) is 1. The van der Waals surface area contributed by atoms with Crippen LogP contribution in [0.5, 0.6) is 0 Å². The van der Waals surface area contributed by atoms with E-state index in [0.717, 1.165) is 38.5 Å². The maximum absolute atomic E-state index is 12.7. The van der Waals surface area contributed by atoms with Gasteiger partial charge in [0.25, 0.3) is 7.82 Å². The highest BCUT2D eigenvalue weighted by molar-refractivity contribution is 7.45. The second-order valence-corrected chi connectivity index (χ2v) is 16.1. The predicted octanol–water partition coefficient (Wildman–Crippen LogP) is 9.39. The molecule has 0 aliphatic carbocycles. The fraction of sp³-hybridized carbons (Fsp3) is 0.921. The first-order valence-electron chi connectivity index (χ1n) is 19.6. The number of aliphatic hydroxyl groups excluding tert-OH is 1. The Bertz CT molecular complexity index is 789. The Labute approximate surface area is 291 Å². The normalized spacial score (nSPS) is 14.8. The number of amides is 1. The van der Waals surface area contributed by atoms with Crippen molar-refractivity contribution >= 4 is 13.7 Å². The molecule has 0 aromatic carbocycles. The standard InChI is InChI=1S/C38H77N2O6P/c1-6-8-10-12-13-14-15-16-17-18-19-20-21-22-23-24-25-26-27-28-30-32-38(42)39-36(37(41)31-29-11-9-7-2)35-46-47(43,44)45-34-33-40(3,4)5/h29,31,36-37,41H,6-28,30,32-35H2,1-5H3,(H-,39,42,43,44)/b31-29+. The molecule has 47 heavy (non-hydrogen) atoms. The Balaban J connectivity index is 4.02. The minimum atomic E-state index is -4.56. The van der Waals surface area contributed by atoms with Crippen LogP contribution < -0.4 is 10.2 Å². The predicted molar refractivity (Wildman–Crippen MR) is 196 cm³/mol. The number of likely N-dealkylation sites (N-methyl/N-ethyl adjacent to an activating group) is 1. The number of aliphatic hydroxyl groups is 1. The van der Waals surface area contributed by atoms with Gasteiger partial charge in [-0.1, -0.05) is 167 Å². The van der Waals surface area contributed by atoms with Crippen LogP contribution in [0.15, 0.2) is 12.2 Å². The van der Waals surface area contributed by atoms with Gasteiger partial charge >= 0.3 is 0 Å². The molecule has 0 fully saturated rings. The Morgan fingerprint density at radius 3 is 1.57 bits per heavy atom. The van der Waals surface area contributed by atoms with Gasteiger partial charge in [0, 0.05) is 6.42 Å². The van der Waals surface area contributed by atoms with E-state index in [1.807, 2.05) is 27.2 Å². The first-order valence-corrected chi connectivity index (χ1v) is 21.0. The third-order valence-electron chi connectivity index (χ3n) is 8.75. The maximum Gasteiger partial charge on any atom is 0.268 e. The fourth-order valence-corrected chi connectivity index (χ4v) is 6.27. The van der Waals surface area contributed by atoms with E-state index in [0.29, 0.717) is 17.4 Å². The van der Waals surface area contributed by atoms with E-state index < -0.39 is 20.0 Å². The minimum Gasteiger partial charge on any atom is -0.756 e. The van der Waals surface area contributed by atoms with Crippen LogP contribution in [0, 0.1) is 0 Å². The Kier molecular flexibility index (Phi) is 30.7. The van der Waals surface area contributed by atoms with Crippen molar-refractivity contribution in [1.29, 1.82) is 0 Å². The molecular weight excluding hydrogens is 611 g/mol. The van der Waals surface area contributed by atoms with Crippen molar-refractivity contribution in [2.75, 3.05) is 40.9 Å². The molecule has 8 nitrogen and oxygen atoms in total. The SMILES string of the molecule is CCCC/C=C/C(O)C(COP(=O)([O-])OCC[N+](C)(C)C)NC(=O)CCCCCCCCCCCCCCCCCCCCCCC. The summed E-state index contributed by atoms with van der Waals surface area (Å²) in [5.74, 6) is -0.205. The summed E-state index contributed by atoms with van der Waals surface area (Å²) in [5, 5.41) is 13.5. The van der Waals surface area contributed by atoms with E-state index in [4.69, 9.17) is 9.05 Å². The van der Waals surface area contributed by atoms with E-state index in [9.17, 15) is 19.4 Å². The summed E-state index contributed by atoms with van der Waals surface area (Å²) < 4.78 is 22.9. The summed E-state index contributed by atoms with van der Waals surface area (Å²) in [6, 6.07) is -0.875. The van der Waals surface area contributed by atoms with Crippen molar-refractivity contribution in [2.24, 2.45) is 0 Å². The second-order valence-electron chi connectivity index (χ2n) is 14.6. The smallest absolute Gasteiger partial charge is 0.268 e. The van der Waals surface area contributed by atoms with Crippen LogP contribution in [-0.4, -0.2) is 68.5 Å². The molecule has 0 aromatic heterocycles. The molecule has 0 aromatic rings. The zero-order chi connectivity index (χ0) is 35.1. The van der Waals surface area contributed by atoms with Gasteiger partial charge in [0.2, 0.25) is 5.91 Å². The quantitative estimate of drug-likeness (QED) is 0.0297. The van der Waals surface area contributed by atoms with Crippen LogP contribution >= 0.6 is 7.82 Å². The number of quaternary nitrogens is 1. The number of hydrogen-bond donors (Lipinski definition) is 2. The third-order valence-corrected chi connectivity index (χ3v) is 9.71. The number of carbonyl (C=O) groups is 1. The Hall–Kier alpha value is -0.760. The van der Waals surface area contributed by atoms with Crippen molar-refractivity contribution < 1.29 is 32.9 Å². The van der Waals surface area contributed by atoms with Crippen LogP contribution in [0.25, 0.3) is 0 Å². The van der Waals surface area contributed by atoms with Crippen molar-refractivity contribution in [1.82, 2.24) is 5.32 Å². The second kappa shape index (κ2) is 31.2. The number of nitrogens with zero attached hydrogens (tertiary/aromatic N) is 1. The molecule has 0 saturated heterocycles. The highest BCUT2D eigenvalue weighted by Crippen LogP contribution is 2.38. The molecule has 3 atom stereocenters. The number of unbranched alkanes of at least 4 members (excludes halogenated alkanes) is 22. The van der Waals surface area contributed by atoms with Crippen molar-refractivity contribution in [3.05, 3.63) is 12.2 Å². The average molecular weight is 689 g/mol. The topological polar surface area (TPSA) is 108 Å². The summed E-state index contributed by atoms with van der Waals surface area (Å²) in [4.78, 5) is 24.9. The lowest BCUT2D eigenvalue weighted by Gasteiger charge is -2.29. The molecule has 0 saturated carbocycles. The summed E-state index contributed by atoms with van der Waals surface area (Å²) in [6.45, 7) is 4.49. The van der Waals surface area contributed by atoms with Gasteiger partial charge in [-0.15, -0.1) is 0 Å².